The molecule has 1 aromatic carbocycles. The normalized spacial score (nSPS) is 12.5. The molecule has 0 fully saturated rings. The molecule has 15 heavy (non-hydrogen) atoms. The molecule has 1 radical (unpaired) electrons. The van der Waals surface area contributed by atoms with E-state index in [1.54, 1.807) is 0 Å². The van der Waals surface area contributed by atoms with Crippen LogP contribution in [0.3, 0.4) is 0 Å². The Bertz CT molecular complexity index is 377. The lowest BCUT2D eigenvalue weighted by atomic mass is 9.89. The van der Waals surface area contributed by atoms with Crippen molar-refractivity contribution in [3.05, 3.63) is 41.8 Å². The molecule has 0 aliphatic carbocycles. The van der Waals surface area contributed by atoms with E-state index in [4.69, 9.17) is 10.4 Å². The predicted molar refractivity (Wildman–Crippen MR) is 60.4 cm³/mol. The summed E-state index contributed by atoms with van der Waals surface area (Å²) >= 11 is 0. The van der Waals surface area contributed by atoms with Crippen LogP contribution in [0.4, 0.5) is 0 Å². The molecule has 79 valence electrons. The molecule has 0 amide bonds. The van der Waals surface area contributed by atoms with Gasteiger partial charge in [-0.2, -0.15) is 5.26 Å². The summed E-state index contributed by atoms with van der Waals surface area (Å²) in [6.45, 7) is 8.08. The maximum absolute atomic E-state index is 9.11. The first-order valence-corrected chi connectivity index (χ1v) is 5.08. The van der Waals surface area contributed by atoms with Crippen LogP contribution >= 0.6 is 0 Å². The van der Waals surface area contributed by atoms with Crippen molar-refractivity contribution in [3.63, 3.8) is 0 Å². The lowest BCUT2D eigenvalue weighted by molar-refractivity contribution is 0.282. The van der Waals surface area contributed by atoms with Gasteiger partial charge in [-0.1, -0.05) is 19.9 Å². The van der Waals surface area contributed by atoms with Gasteiger partial charge in [-0.3, -0.25) is 0 Å². The summed E-state index contributed by atoms with van der Waals surface area (Å²) in [5.41, 5.74) is 2.76. The van der Waals surface area contributed by atoms with Crippen LogP contribution in [0.15, 0.2) is 18.2 Å². The van der Waals surface area contributed by atoms with Crippen LogP contribution in [-0.2, 0) is 0 Å². The van der Waals surface area contributed by atoms with E-state index in [-0.39, 0.29) is 12.5 Å². The van der Waals surface area contributed by atoms with Gasteiger partial charge in [0, 0.05) is 12.5 Å². The van der Waals surface area contributed by atoms with Crippen LogP contribution in [-0.4, -0.2) is 11.7 Å². The Labute approximate surface area is 91.2 Å². The monoisotopic (exact) mass is 202 g/mol. The Morgan fingerprint density at radius 1 is 1.40 bits per heavy atom. The summed E-state index contributed by atoms with van der Waals surface area (Å²) in [6.07, 6.45) is 0. The van der Waals surface area contributed by atoms with Gasteiger partial charge in [0.15, 0.2) is 0 Å². The van der Waals surface area contributed by atoms with E-state index in [1.807, 2.05) is 18.2 Å². The lowest BCUT2D eigenvalue weighted by Gasteiger charge is -2.17. The van der Waals surface area contributed by atoms with Crippen molar-refractivity contribution in [2.24, 2.45) is 0 Å². The molecule has 2 nitrogen and oxygen atoms in total. The fourth-order valence-electron chi connectivity index (χ4n) is 1.62. The Hall–Kier alpha value is -1.33. The first-order chi connectivity index (χ1) is 7.10. The fourth-order valence-corrected chi connectivity index (χ4v) is 1.62. The highest BCUT2D eigenvalue weighted by atomic mass is 16.3. The van der Waals surface area contributed by atoms with Gasteiger partial charge in [-0.15, -0.1) is 0 Å². The third-order valence-electron chi connectivity index (χ3n) is 2.50. The SMILES string of the molecule is [CH2]C(CO)c1cc(C#N)ccc1C(C)C. The molecule has 0 aliphatic rings. The molecule has 0 saturated carbocycles. The van der Waals surface area contributed by atoms with Crippen LogP contribution in [0.1, 0.15) is 42.4 Å². The van der Waals surface area contributed by atoms with Crippen LogP contribution in [0.2, 0.25) is 0 Å². The molecular weight excluding hydrogens is 186 g/mol. The fraction of sp³-hybridized carbons (Fsp3) is 0.385. The summed E-state index contributed by atoms with van der Waals surface area (Å²) in [4.78, 5) is 0. The average Bonchev–Trinajstić information content (AvgIpc) is 2.26. The molecule has 0 bridgehead atoms. The van der Waals surface area contributed by atoms with E-state index >= 15 is 0 Å². The van der Waals surface area contributed by atoms with Crippen LogP contribution in [0.25, 0.3) is 0 Å². The zero-order chi connectivity index (χ0) is 11.4. The molecule has 0 aliphatic heterocycles. The number of aliphatic hydroxyl groups is 1. The third kappa shape index (κ3) is 2.57. The highest BCUT2D eigenvalue weighted by molar-refractivity contribution is 5.41. The summed E-state index contributed by atoms with van der Waals surface area (Å²) < 4.78 is 0. The number of benzene rings is 1. The van der Waals surface area contributed by atoms with Crippen molar-refractivity contribution in [1.82, 2.24) is 0 Å². The summed E-state index contributed by atoms with van der Waals surface area (Å²) in [7, 11) is 0. The van der Waals surface area contributed by atoms with E-state index in [1.165, 1.54) is 0 Å². The first kappa shape index (κ1) is 11.7. The molecule has 1 atom stereocenters. The van der Waals surface area contributed by atoms with E-state index in [2.05, 4.69) is 26.8 Å². The highest BCUT2D eigenvalue weighted by Crippen LogP contribution is 2.26. The van der Waals surface area contributed by atoms with Crippen molar-refractivity contribution in [2.75, 3.05) is 6.61 Å². The molecule has 1 rings (SSSR count). The molecule has 2 heteroatoms. The van der Waals surface area contributed by atoms with Crippen LogP contribution < -0.4 is 0 Å². The van der Waals surface area contributed by atoms with Crippen molar-refractivity contribution >= 4 is 0 Å². The van der Waals surface area contributed by atoms with Gasteiger partial charge in [0.05, 0.1) is 11.6 Å². The highest BCUT2D eigenvalue weighted by Gasteiger charge is 2.13. The number of nitrogens with zero attached hydrogens (tertiary/aromatic N) is 1. The number of rotatable bonds is 3. The van der Waals surface area contributed by atoms with Gasteiger partial charge in [-0.25, -0.2) is 0 Å². The molecule has 1 unspecified atom stereocenters. The van der Waals surface area contributed by atoms with E-state index in [9.17, 15) is 0 Å². The smallest absolute Gasteiger partial charge is 0.0991 e. The summed E-state index contributed by atoms with van der Waals surface area (Å²) in [5, 5.41) is 17.9. The number of nitriles is 1. The van der Waals surface area contributed by atoms with Gasteiger partial charge >= 0.3 is 0 Å². The van der Waals surface area contributed by atoms with Gasteiger partial charge < -0.3 is 5.11 Å². The second-order valence-corrected chi connectivity index (χ2v) is 3.99. The van der Waals surface area contributed by atoms with Gasteiger partial charge in [-0.05, 0) is 36.1 Å². The topological polar surface area (TPSA) is 44.0 Å². The maximum Gasteiger partial charge on any atom is 0.0991 e. The largest absolute Gasteiger partial charge is 0.396 e. The lowest BCUT2D eigenvalue weighted by Crippen LogP contribution is -2.05. The number of hydrogen-bond donors (Lipinski definition) is 1. The Balaban J connectivity index is 3.23. The minimum atomic E-state index is -0.157. The minimum Gasteiger partial charge on any atom is -0.396 e. The molecule has 0 heterocycles. The van der Waals surface area contributed by atoms with E-state index in [0.717, 1.165) is 11.1 Å². The van der Waals surface area contributed by atoms with Crippen LogP contribution in [0.5, 0.6) is 0 Å². The average molecular weight is 202 g/mol. The van der Waals surface area contributed by atoms with Gasteiger partial charge in [0.25, 0.3) is 0 Å². The predicted octanol–water partition coefficient (Wildman–Crippen LogP) is 2.59. The molecular formula is C13H16NO. The molecule has 0 spiro atoms. The van der Waals surface area contributed by atoms with Gasteiger partial charge in [0.2, 0.25) is 0 Å². The standard InChI is InChI=1S/C13H16NO/c1-9(2)12-5-4-11(7-14)6-13(12)10(3)8-15/h4-6,9-10,15H,3,8H2,1-2H3. The zero-order valence-corrected chi connectivity index (χ0v) is 9.20. The zero-order valence-electron chi connectivity index (χ0n) is 9.20. The van der Waals surface area contributed by atoms with Crippen molar-refractivity contribution in [2.45, 2.75) is 25.7 Å². The first-order valence-electron chi connectivity index (χ1n) is 5.08. The van der Waals surface area contributed by atoms with Crippen molar-refractivity contribution in [3.8, 4) is 6.07 Å². The summed E-state index contributed by atoms with van der Waals surface area (Å²) in [5.74, 6) is 0.222. The quantitative estimate of drug-likeness (QED) is 0.818. The maximum atomic E-state index is 9.11. The van der Waals surface area contributed by atoms with E-state index in [0.29, 0.717) is 11.5 Å². The Kier molecular flexibility index (Phi) is 3.88. The summed E-state index contributed by atoms with van der Waals surface area (Å²) in [6, 6.07) is 7.68. The molecule has 0 aromatic heterocycles. The second-order valence-electron chi connectivity index (χ2n) is 3.99. The van der Waals surface area contributed by atoms with Crippen LogP contribution in [0, 0.1) is 18.3 Å². The Morgan fingerprint density at radius 2 is 2.07 bits per heavy atom. The molecule has 1 aromatic rings. The number of hydrogen-bond acceptors (Lipinski definition) is 2. The molecule has 0 saturated heterocycles. The Morgan fingerprint density at radius 3 is 2.53 bits per heavy atom. The number of aliphatic hydroxyl groups excluding tert-OH is 1. The van der Waals surface area contributed by atoms with E-state index < -0.39 is 0 Å². The third-order valence-corrected chi connectivity index (χ3v) is 2.50. The molecule has 1 N–H and O–H groups in total. The van der Waals surface area contributed by atoms with Crippen molar-refractivity contribution in [1.29, 1.82) is 5.26 Å². The second kappa shape index (κ2) is 4.95. The van der Waals surface area contributed by atoms with Crippen molar-refractivity contribution < 1.29 is 5.11 Å². The minimum absolute atomic E-state index is 0.00853. The van der Waals surface area contributed by atoms with Gasteiger partial charge in [0.1, 0.15) is 0 Å².